The number of furan rings is 1. The van der Waals surface area contributed by atoms with E-state index in [2.05, 4.69) is 25.6 Å². The van der Waals surface area contributed by atoms with Crippen LogP contribution in [0.5, 0.6) is 0 Å². The third-order valence-corrected chi connectivity index (χ3v) is 5.26. The lowest BCUT2D eigenvalue weighted by Crippen LogP contribution is -2.14. The minimum atomic E-state index is -0.445. The summed E-state index contributed by atoms with van der Waals surface area (Å²) in [7, 11) is 1.30. The van der Waals surface area contributed by atoms with Gasteiger partial charge in [-0.1, -0.05) is 23.1 Å². The van der Waals surface area contributed by atoms with Crippen LogP contribution in [0.2, 0.25) is 0 Å². The number of amides is 2. The molecule has 2 heterocycles. The Labute approximate surface area is 167 Å². The van der Waals surface area contributed by atoms with Gasteiger partial charge in [-0.05, 0) is 36.4 Å². The van der Waals surface area contributed by atoms with Crippen molar-refractivity contribution in [2.75, 3.05) is 23.5 Å². The zero-order valence-corrected chi connectivity index (χ0v) is 16.1. The Morgan fingerprint density at radius 3 is 2.61 bits per heavy atom. The molecule has 3 aromatic rings. The van der Waals surface area contributed by atoms with E-state index in [1.807, 2.05) is 0 Å². The molecule has 0 fully saturated rings. The van der Waals surface area contributed by atoms with Gasteiger partial charge in [-0.15, -0.1) is 10.2 Å². The quantitative estimate of drug-likeness (QED) is 0.341. The predicted molar refractivity (Wildman–Crippen MR) is 104 cm³/mol. The van der Waals surface area contributed by atoms with Crippen LogP contribution in [-0.4, -0.2) is 40.8 Å². The van der Waals surface area contributed by atoms with E-state index in [0.717, 1.165) is 11.3 Å². The molecule has 11 heteroatoms. The van der Waals surface area contributed by atoms with Gasteiger partial charge in [-0.2, -0.15) is 0 Å². The Morgan fingerprint density at radius 1 is 1.14 bits per heavy atom. The molecule has 2 N–H and O–H groups in total. The summed E-state index contributed by atoms with van der Waals surface area (Å²) in [5, 5.41) is 13.4. The molecule has 0 radical (unpaired) electrons. The standard InChI is InChI=1S/C17H14N4O5S2/c1-25-15(24)10-4-6-11(7-5-10)18-13(22)9-27-17-21-20-16(28-17)19-14(23)12-3-2-8-26-12/h2-8H,9H2,1H3,(H,18,22)(H,19,20,23). The van der Waals surface area contributed by atoms with Gasteiger partial charge in [0.2, 0.25) is 11.0 Å². The molecule has 2 amide bonds. The third-order valence-electron chi connectivity index (χ3n) is 3.29. The highest BCUT2D eigenvalue weighted by atomic mass is 32.2. The number of esters is 1. The van der Waals surface area contributed by atoms with Crippen LogP contribution >= 0.6 is 23.1 Å². The van der Waals surface area contributed by atoms with Crippen LogP contribution in [0.4, 0.5) is 10.8 Å². The maximum absolute atomic E-state index is 12.1. The highest BCUT2D eigenvalue weighted by Crippen LogP contribution is 2.26. The molecule has 0 saturated carbocycles. The van der Waals surface area contributed by atoms with E-state index in [9.17, 15) is 14.4 Å². The lowest BCUT2D eigenvalue weighted by Gasteiger charge is -2.05. The molecule has 0 atom stereocenters. The van der Waals surface area contributed by atoms with Gasteiger partial charge in [0, 0.05) is 5.69 Å². The minimum Gasteiger partial charge on any atom is -0.465 e. The number of ether oxygens (including phenoxy) is 1. The number of hydrogen-bond acceptors (Lipinski definition) is 9. The Kier molecular flexibility index (Phi) is 6.40. The predicted octanol–water partition coefficient (Wildman–Crippen LogP) is 2.90. The molecule has 9 nitrogen and oxygen atoms in total. The summed E-state index contributed by atoms with van der Waals surface area (Å²) in [6, 6.07) is 9.50. The highest BCUT2D eigenvalue weighted by molar-refractivity contribution is 8.01. The van der Waals surface area contributed by atoms with Crippen LogP contribution < -0.4 is 10.6 Å². The summed E-state index contributed by atoms with van der Waals surface area (Å²) in [4.78, 5) is 35.3. The van der Waals surface area contributed by atoms with Crippen LogP contribution in [0.25, 0.3) is 0 Å². The fourth-order valence-corrected chi connectivity index (χ4v) is 3.56. The lowest BCUT2D eigenvalue weighted by atomic mass is 10.2. The number of carbonyl (C=O) groups excluding carboxylic acids is 3. The number of methoxy groups -OCH3 is 1. The molecule has 144 valence electrons. The smallest absolute Gasteiger partial charge is 0.337 e. The van der Waals surface area contributed by atoms with Gasteiger partial charge in [0.25, 0.3) is 5.91 Å². The van der Waals surface area contributed by atoms with Crippen molar-refractivity contribution in [1.29, 1.82) is 0 Å². The van der Waals surface area contributed by atoms with Crippen LogP contribution in [0, 0.1) is 0 Å². The van der Waals surface area contributed by atoms with Gasteiger partial charge in [-0.3, -0.25) is 14.9 Å². The number of thioether (sulfide) groups is 1. The van der Waals surface area contributed by atoms with Crippen molar-refractivity contribution in [3.05, 3.63) is 54.0 Å². The number of carbonyl (C=O) groups is 3. The van der Waals surface area contributed by atoms with E-state index in [1.54, 1.807) is 30.3 Å². The molecule has 0 bridgehead atoms. The second-order valence-corrected chi connectivity index (χ2v) is 7.41. The molecule has 3 rings (SSSR count). The van der Waals surface area contributed by atoms with Gasteiger partial charge in [0.1, 0.15) is 0 Å². The fourth-order valence-electron chi connectivity index (χ4n) is 2.02. The monoisotopic (exact) mass is 418 g/mol. The molecule has 1 aromatic carbocycles. The average Bonchev–Trinajstić information content (AvgIpc) is 3.38. The first kappa shape index (κ1) is 19.6. The number of aromatic nitrogens is 2. The molecule has 0 spiro atoms. The largest absolute Gasteiger partial charge is 0.465 e. The Morgan fingerprint density at radius 2 is 1.93 bits per heavy atom. The van der Waals surface area contributed by atoms with Gasteiger partial charge in [-0.25, -0.2) is 4.79 Å². The highest BCUT2D eigenvalue weighted by Gasteiger charge is 2.13. The van der Waals surface area contributed by atoms with Crippen molar-refractivity contribution in [2.45, 2.75) is 4.34 Å². The fraction of sp³-hybridized carbons (Fsp3) is 0.118. The second kappa shape index (κ2) is 9.15. The molecule has 0 saturated heterocycles. The number of anilines is 2. The van der Waals surface area contributed by atoms with E-state index in [0.29, 0.717) is 20.7 Å². The third kappa shape index (κ3) is 5.18. The maximum Gasteiger partial charge on any atom is 0.337 e. The number of benzene rings is 1. The van der Waals surface area contributed by atoms with Crippen molar-refractivity contribution in [2.24, 2.45) is 0 Å². The van der Waals surface area contributed by atoms with E-state index >= 15 is 0 Å². The Hall–Kier alpha value is -3.18. The molecule has 0 aliphatic carbocycles. The topological polar surface area (TPSA) is 123 Å². The number of nitrogens with one attached hydrogen (secondary N) is 2. The summed E-state index contributed by atoms with van der Waals surface area (Å²) in [5.41, 5.74) is 0.953. The maximum atomic E-state index is 12.1. The summed E-state index contributed by atoms with van der Waals surface area (Å²) >= 11 is 2.34. The van der Waals surface area contributed by atoms with Gasteiger partial charge in [0.15, 0.2) is 10.1 Å². The van der Waals surface area contributed by atoms with E-state index in [1.165, 1.54) is 31.2 Å². The zero-order chi connectivity index (χ0) is 19.9. The van der Waals surface area contributed by atoms with Crippen molar-refractivity contribution in [1.82, 2.24) is 10.2 Å². The van der Waals surface area contributed by atoms with E-state index < -0.39 is 11.9 Å². The second-order valence-electron chi connectivity index (χ2n) is 5.21. The zero-order valence-electron chi connectivity index (χ0n) is 14.5. The molecular formula is C17H14N4O5S2. The number of rotatable bonds is 7. The number of hydrogen-bond donors (Lipinski definition) is 2. The van der Waals surface area contributed by atoms with E-state index in [-0.39, 0.29) is 17.4 Å². The van der Waals surface area contributed by atoms with Gasteiger partial charge >= 0.3 is 5.97 Å². The minimum absolute atomic E-state index is 0.111. The molecule has 0 aliphatic heterocycles. The van der Waals surface area contributed by atoms with Crippen LogP contribution in [0.1, 0.15) is 20.9 Å². The molecule has 28 heavy (non-hydrogen) atoms. The SMILES string of the molecule is COC(=O)c1ccc(NC(=O)CSc2nnc(NC(=O)c3ccco3)s2)cc1. The summed E-state index contributed by atoms with van der Waals surface area (Å²) < 4.78 is 10.1. The van der Waals surface area contributed by atoms with Crippen molar-refractivity contribution in [3.8, 4) is 0 Å². The van der Waals surface area contributed by atoms with Crippen molar-refractivity contribution in [3.63, 3.8) is 0 Å². The lowest BCUT2D eigenvalue weighted by molar-refractivity contribution is -0.113. The average molecular weight is 418 g/mol. The van der Waals surface area contributed by atoms with Crippen molar-refractivity contribution < 1.29 is 23.5 Å². The van der Waals surface area contributed by atoms with Crippen LogP contribution in [0.3, 0.4) is 0 Å². The summed E-state index contributed by atoms with van der Waals surface area (Å²) in [6.45, 7) is 0. The summed E-state index contributed by atoms with van der Waals surface area (Å²) in [6.07, 6.45) is 1.40. The normalized spacial score (nSPS) is 10.3. The van der Waals surface area contributed by atoms with Crippen molar-refractivity contribution >= 4 is 51.7 Å². The Balaban J connectivity index is 1.47. The molecular weight excluding hydrogens is 404 g/mol. The van der Waals surface area contributed by atoms with Gasteiger partial charge < -0.3 is 14.5 Å². The Bertz CT molecular complexity index is 970. The molecule has 0 unspecified atom stereocenters. The van der Waals surface area contributed by atoms with Crippen LogP contribution in [0.15, 0.2) is 51.4 Å². The van der Waals surface area contributed by atoms with Gasteiger partial charge in [0.05, 0.1) is 24.7 Å². The first-order chi connectivity index (χ1) is 13.5. The molecule has 0 aliphatic rings. The number of nitrogens with zero attached hydrogens (tertiary/aromatic N) is 2. The van der Waals surface area contributed by atoms with Crippen LogP contribution in [-0.2, 0) is 9.53 Å². The first-order valence-electron chi connectivity index (χ1n) is 7.84. The van der Waals surface area contributed by atoms with E-state index in [4.69, 9.17) is 4.42 Å². The summed E-state index contributed by atoms with van der Waals surface area (Å²) in [5.74, 6) is -0.834. The first-order valence-corrected chi connectivity index (χ1v) is 9.65. The molecule has 2 aromatic heterocycles.